The fraction of sp³-hybridized carbons (Fsp3) is 0.526. The van der Waals surface area contributed by atoms with E-state index < -0.39 is 16.9 Å². The molecule has 0 radical (unpaired) electrons. The van der Waals surface area contributed by atoms with Crippen molar-refractivity contribution in [2.45, 2.75) is 38.5 Å². The summed E-state index contributed by atoms with van der Waals surface area (Å²) in [6.45, 7) is 9.51. The van der Waals surface area contributed by atoms with Gasteiger partial charge in [-0.15, -0.1) is 11.3 Å². The zero-order chi connectivity index (χ0) is 19.2. The average molecular weight is 396 g/mol. The van der Waals surface area contributed by atoms with Crippen LogP contribution >= 0.6 is 11.3 Å². The molecule has 7 heteroatoms. The Morgan fingerprint density at radius 2 is 2.04 bits per heavy atom. The summed E-state index contributed by atoms with van der Waals surface area (Å²) in [5.41, 5.74) is 0. The van der Waals surface area contributed by atoms with Gasteiger partial charge in [0.25, 0.3) is 0 Å². The number of nitrogens with one attached hydrogen (secondary N) is 2. The van der Waals surface area contributed by atoms with Crippen LogP contribution in [0.3, 0.4) is 0 Å². The molecule has 2 unspecified atom stereocenters. The Hall–Kier alpha value is -1.44. The van der Waals surface area contributed by atoms with Crippen LogP contribution in [0.5, 0.6) is 0 Å². The lowest BCUT2D eigenvalue weighted by Crippen LogP contribution is -2.40. The molecule has 0 fully saturated rings. The number of nitrogens with zero attached hydrogens (tertiary/aromatic N) is 1. The van der Waals surface area contributed by atoms with E-state index in [2.05, 4.69) is 21.7 Å². The molecule has 1 heterocycles. The minimum Gasteiger partial charge on any atom is -0.386 e. The molecule has 0 aliphatic rings. The summed E-state index contributed by atoms with van der Waals surface area (Å²) in [6.07, 6.45) is -0.633. The lowest BCUT2D eigenvalue weighted by molar-refractivity contribution is 0.191. The molecule has 1 aromatic carbocycles. The maximum Gasteiger partial charge on any atom is 0.191 e. The van der Waals surface area contributed by atoms with E-state index in [9.17, 15) is 9.32 Å². The van der Waals surface area contributed by atoms with Gasteiger partial charge in [0.2, 0.25) is 0 Å². The summed E-state index contributed by atoms with van der Waals surface area (Å²) in [6, 6.07) is 10.1. The molecule has 0 spiro atoms. The Morgan fingerprint density at radius 3 is 2.69 bits per heavy atom. The Balaban J connectivity index is 1.93. The SMILES string of the molecule is CCNC(=NCC(O)c1cc2ccccc2s1)NCCS(=O)C(C)(C)C. The van der Waals surface area contributed by atoms with Crippen molar-refractivity contribution in [1.82, 2.24) is 10.6 Å². The van der Waals surface area contributed by atoms with Gasteiger partial charge in [0.05, 0.1) is 6.54 Å². The van der Waals surface area contributed by atoms with Gasteiger partial charge in [-0.25, -0.2) is 0 Å². The molecule has 2 atom stereocenters. The largest absolute Gasteiger partial charge is 0.386 e. The van der Waals surface area contributed by atoms with Crippen LogP contribution in [0.1, 0.15) is 38.7 Å². The predicted octanol–water partition coefficient (Wildman–Crippen LogP) is 3.04. The van der Waals surface area contributed by atoms with Gasteiger partial charge >= 0.3 is 0 Å². The molecule has 2 aromatic rings. The number of fused-ring (bicyclic) bond motifs is 1. The zero-order valence-corrected chi connectivity index (χ0v) is 17.5. The summed E-state index contributed by atoms with van der Waals surface area (Å²) < 4.78 is 13.1. The third-order valence-electron chi connectivity index (χ3n) is 3.80. The highest BCUT2D eigenvalue weighted by molar-refractivity contribution is 7.86. The standard InChI is InChI=1S/C19H29N3O2S2/c1-5-20-18(21-10-11-26(24)19(2,3)4)22-13-15(23)17-12-14-8-6-7-9-16(14)25-17/h6-9,12,15,23H,5,10-11,13H2,1-4H3,(H2,20,21,22). The molecule has 0 amide bonds. The van der Waals surface area contributed by atoms with E-state index in [-0.39, 0.29) is 11.3 Å². The second-order valence-corrected chi connectivity index (χ2v) is 10.5. The number of thiophene rings is 1. The molecular weight excluding hydrogens is 366 g/mol. The minimum atomic E-state index is -0.902. The van der Waals surface area contributed by atoms with Crippen LogP contribution in [0.2, 0.25) is 0 Å². The van der Waals surface area contributed by atoms with Crippen LogP contribution in [0, 0.1) is 0 Å². The van der Waals surface area contributed by atoms with Crippen LogP contribution in [0.15, 0.2) is 35.3 Å². The van der Waals surface area contributed by atoms with Gasteiger partial charge in [-0.2, -0.15) is 0 Å². The summed E-state index contributed by atoms with van der Waals surface area (Å²) in [5.74, 6) is 1.20. The van der Waals surface area contributed by atoms with Crippen molar-refractivity contribution in [2.24, 2.45) is 4.99 Å². The molecule has 0 aliphatic heterocycles. The van der Waals surface area contributed by atoms with Crippen LogP contribution in [-0.4, -0.2) is 45.4 Å². The zero-order valence-electron chi connectivity index (χ0n) is 15.9. The van der Waals surface area contributed by atoms with Crippen LogP contribution < -0.4 is 10.6 Å². The fourth-order valence-corrected chi connectivity index (χ4v) is 4.29. The maximum atomic E-state index is 12.1. The highest BCUT2D eigenvalue weighted by Crippen LogP contribution is 2.29. The second kappa shape index (κ2) is 9.48. The molecule has 0 bridgehead atoms. The molecule has 0 aliphatic carbocycles. The number of rotatable bonds is 7. The lowest BCUT2D eigenvalue weighted by Gasteiger charge is -2.18. The van der Waals surface area contributed by atoms with E-state index in [1.807, 2.05) is 52.0 Å². The quantitative estimate of drug-likeness (QED) is 0.498. The minimum absolute atomic E-state index is 0.214. The molecular formula is C19H29N3O2S2. The van der Waals surface area contributed by atoms with Crippen molar-refractivity contribution in [3.8, 4) is 0 Å². The fourth-order valence-electron chi connectivity index (χ4n) is 2.34. The number of benzene rings is 1. The third kappa shape index (κ3) is 6.07. The van der Waals surface area contributed by atoms with Crippen LogP contribution in [0.25, 0.3) is 10.1 Å². The molecule has 0 saturated carbocycles. The molecule has 26 heavy (non-hydrogen) atoms. The van der Waals surface area contributed by atoms with Gasteiger partial charge in [0, 0.05) is 44.0 Å². The van der Waals surface area contributed by atoms with E-state index in [0.29, 0.717) is 18.3 Å². The van der Waals surface area contributed by atoms with E-state index >= 15 is 0 Å². The van der Waals surface area contributed by atoms with Gasteiger partial charge in [0.15, 0.2) is 5.96 Å². The summed E-state index contributed by atoms with van der Waals surface area (Å²) in [5, 5.41) is 18.0. The Kier molecular flexibility index (Phi) is 7.61. The Labute approximate surface area is 162 Å². The molecule has 2 rings (SSSR count). The molecule has 1 aromatic heterocycles. The van der Waals surface area contributed by atoms with Gasteiger partial charge in [-0.05, 0) is 45.2 Å². The molecule has 144 valence electrons. The van der Waals surface area contributed by atoms with Crippen molar-refractivity contribution in [1.29, 1.82) is 0 Å². The first-order chi connectivity index (χ1) is 12.3. The van der Waals surface area contributed by atoms with Crippen LogP contribution in [-0.2, 0) is 10.8 Å². The van der Waals surface area contributed by atoms with Crippen molar-refractivity contribution >= 4 is 38.2 Å². The lowest BCUT2D eigenvalue weighted by atomic mass is 10.2. The predicted molar refractivity (Wildman–Crippen MR) is 114 cm³/mol. The molecule has 3 N–H and O–H groups in total. The molecule has 0 saturated heterocycles. The number of hydrogen-bond donors (Lipinski definition) is 3. The van der Waals surface area contributed by atoms with Gasteiger partial charge in [-0.1, -0.05) is 18.2 Å². The van der Waals surface area contributed by atoms with E-state index in [0.717, 1.165) is 16.8 Å². The Morgan fingerprint density at radius 1 is 1.31 bits per heavy atom. The topological polar surface area (TPSA) is 73.7 Å². The number of aliphatic hydroxyl groups is 1. The van der Waals surface area contributed by atoms with E-state index in [4.69, 9.17) is 0 Å². The smallest absolute Gasteiger partial charge is 0.191 e. The maximum absolute atomic E-state index is 12.1. The Bertz CT molecular complexity index is 732. The normalized spacial score (nSPS) is 15.0. The van der Waals surface area contributed by atoms with Crippen molar-refractivity contribution in [3.63, 3.8) is 0 Å². The summed E-state index contributed by atoms with van der Waals surface area (Å²) in [4.78, 5) is 5.39. The van der Waals surface area contributed by atoms with Gasteiger partial charge < -0.3 is 15.7 Å². The first-order valence-electron chi connectivity index (χ1n) is 8.88. The van der Waals surface area contributed by atoms with Gasteiger partial charge in [-0.3, -0.25) is 9.20 Å². The number of hydrogen-bond acceptors (Lipinski definition) is 4. The van der Waals surface area contributed by atoms with Gasteiger partial charge in [0.1, 0.15) is 6.10 Å². The summed E-state index contributed by atoms with van der Waals surface area (Å²) >= 11 is 1.59. The highest BCUT2D eigenvalue weighted by atomic mass is 32.2. The highest BCUT2D eigenvalue weighted by Gasteiger charge is 2.18. The number of guanidine groups is 1. The van der Waals surface area contributed by atoms with Crippen molar-refractivity contribution < 1.29 is 9.32 Å². The van der Waals surface area contributed by atoms with Crippen LogP contribution in [0.4, 0.5) is 0 Å². The van der Waals surface area contributed by atoms with E-state index in [1.54, 1.807) is 11.3 Å². The van der Waals surface area contributed by atoms with E-state index in [1.165, 1.54) is 4.70 Å². The first-order valence-corrected chi connectivity index (χ1v) is 11.0. The van der Waals surface area contributed by atoms with Crippen molar-refractivity contribution in [2.75, 3.05) is 25.4 Å². The molecule has 5 nitrogen and oxygen atoms in total. The number of aliphatic hydroxyl groups excluding tert-OH is 1. The van der Waals surface area contributed by atoms with Crippen molar-refractivity contribution in [3.05, 3.63) is 35.2 Å². The summed E-state index contributed by atoms with van der Waals surface area (Å²) in [7, 11) is -0.902. The third-order valence-corrected chi connectivity index (χ3v) is 6.96. The monoisotopic (exact) mass is 395 g/mol. The second-order valence-electron chi connectivity index (χ2n) is 7.01. The number of aliphatic imine (C=N–C) groups is 1. The average Bonchev–Trinajstić information content (AvgIpc) is 3.02. The first kappa shape index (κ1) is 20.9.